The Bertz CT molecular complexity index is 906. The van der Waals surface area contributed by atoms with E-state index in [-0.39, 0.29) is 11.5 Å². The Morgan fingerprint density at radius 1 is 1.27 bits per heavy atom. The van der Waals surface area contributed by atoms with Gasteiger partial charge >= 0.3 is 0 Å². The summed E-state index contributed by atoms with van der Waals surface area (Å²) in [6.45, 7) is 0.392. The number of pyridine rings is 2. The van der Waals surface area contributed by atoms with Crippen LogP contribution in [0.5, 0.6) is 0 Å². The lowest BCUT2D eigenvalue weighted by Gasteiger charge is -2.11. The second-order valence-electron chi connectivity index (χ2n) is 6.18. The molecule has 0 unspecified atom stereocenters. The maximum Gasteiger partial charge on any atom is 0.250 e. The van der Waals surface area contributed by atoms with Crippen molar-refractivity contribution in [2.75, 3.05) is 5.32 Å². The van der Waals surface area contributed by atoms with Crippen LogP contribution in [0.15, 0.2) is 57.9 Å². The maximum absolute atomic E-state index is 12.2. The molecule has 26 heavy (non-hydrogen) atoms. The second-order valence-corrected chi connectivity index (χ2v) is 6.18. The average molecular weight is 349 g/mol. The molecule has 132 valence electrons. The Morgan fingerprint density at radius 2 is 2.12 bits per heavy atom. The molecule has 1 amide bonds. The van der Waals surface area contributed by atoms with E-state index < -0.39 is 5.66 Å². The van der Waals surface area contributed by atoms with E-state index in [1.807, 2.05) is 12.1 Å². The summed E-state index contributed by atoms with van der Waals surface area (Å²) >= 11 is 0. The van der Waals surface area contributed by atoms with E-state index in [0.717, 1.165) is 5.56 Å². The summed E-state index contributed by atoms with van der Waals surface area (Å²) in [5, 5.41) is 10.9. The van der Waals surface area contributed by atoms with Gasteiger partial charge in [0.15, 0.2) is 5.66 Å². The fraction of sp³-hybridized carbons (Fsp3) is 0.316. The van der Waals surface area contributed by atoms with Gasteiger partial charge in [-0.25, -0.2) is 0 Å². The number of nitrogens with zero attached hydrogens (tertiary/aromatic N) is 4. The largest absolute Gasteiger partial charge is 0.325 e. The van der Waals surface area contributed by atoms with Gasteiger partial charge in [0.1, 0.15) is 0 Å². The summed E-state index contributed by atoms with van der Waals surface area (Å²) < 4.78 is 1.53. The van der Waals surface area contributed by atoms with Gasteiger partial charge in [-0.3, -0.25) is 14.6 Å². The monoisotopic (exact) mass is 349 g/mol. The summed E-state index contributed by atoms with van der Waals surface area (Å²) in [5.41, 5.74) is 0.866. The van der Waals surface area contributed by atoms with Crippen molar-refractivity contribution in [2.45, 2.75) is 37.9 Å². The molecule has 0 fully saturated rings. The number of nitrogens with one attached hydrogen (secondary N) is 1. The van der Waals surface area contributed by atoms with Crippen molar-refractivity contribution >= 4 is 11.6 Å². The van der Waals surface area contributed by atoms with E-state index in [2.05, 4.69) is 26.4 Å². The molecule has 3 heterocycles. The van der Waals surface area contributed by atoms with Gasteiger partial charge < -0.3 is 9.88 Å². The van der Waals surface area contributed by atoms with E-state index in [1.54, 1.807) is 24.7 Å². The third-order valence-electron chi connectivity index (χ3n) is 4.15. The van der Waals surface area contributed by atoms with Crippen LogP contribution in [0.1, 0.15) is 31.2 Å². The van der Waals surface area contributed by atoms with Gasteiger partial charge in [0.2, 0.25) is 5.91 Å². The zero-order valence-electron chi connectivity index (χ0n) is 14.3. The van der Waals surface area contributed by atoms with Crippen molar-refractivity contribution in [1.82, 2.24) is 9.55 Å². The summed E-state index contributed by atoms with van der Waals surface area (Å²) in [6, 6.07) is 6.74. The van der Waals surface area contributed by atoms with E-state index in [1.165, 1.54) is 10.6 Å². The Labute approximate surface area is 151 Å². The number of terminal acetylenes is 1. The quantitative estimate of drug-likeness (QED) is 0.743. The lowest BCUT2D eigenvalue weighted by molar-refractivity contribution is -0.116. The summed E-state index contributed by atoms with van der Waals surface area (Å²) in [7, 11) is 0. The van der Waals surface area contributed by atoms with Crippen molar-refractivity contribution in [3.8, 4) is 12.3 Å². The fourth-order valence-corrected chi connectivity index (χ4v) is 2.62. The molecule has 0 bridgehead atoms. The van der Waals surface area contributed by atoms with Gasteiger partial charge in [-0.1, -0.05) is 6.07 Å². The number of rotatable bonds is 8. The number of amides is 1. The van der Waals surface area contributed by atoms with E-state index in [4.69, 9.17) is 6.42 Å². The smallest absolute Gasteiger partial charge is 0.250 e. The van der Waals surface area contributed by atoms with Crippen molar-refractivity contribution < 1.29 is 4.79 Å². The summed E-state index contributed by atoms with van der Waals surface area (Å²) in [5.74, 6) is 2.42. The first-order chi connectivity index (χ1) is 12.6. The van der Waals surface area contributed by atoms with Crippen LogP contribution in [0.2, 0.25) is 0 Å². The molecule has 2 aromatic heterocycles. The molecule has 1 aliphatic heterocycles. The highest BCUT2D eigenvalue weighted by Gasteiger charge is 2.39. The highest BCUT2D eigenvalue weighted by Crippen LogP contribution is 2.37. The van der Waals surface area contributed by atoms with Crippen LogP contribution in [-0.2, 0) is 11.3 Å². The minimum absolute atomic E-state index is 0.143. The van der Waals surface area contributed by atoms with Gasteiger partial charge in [0.25, 0.3) is 5.56 Å². The summed E-state index contributed by atoms with van der Waals surface area (Å²) in [6.07, 6.45) is 12.4. The molecule has 7 nitrogen and oxygen atoms in total. The topological polar surface area (TPSA) is 88.7 Å². The van der Waals surface area contributed by atoms with Crippen LogP contribution in [0.25, 0.3) is 0 Å². The van der Waals surface area contributed by atoms with Crippen LogP contribution in [0.4, 0.5) is 5.69 Å². The number of carbonyl (C=O) groups excluding carboxylic acids is 1. The lowest BCUT2D eigenvalue weighted by atomic mass is 10.0. The van der Waals surface area contributed by atoms with E-state index in [9.17, 15) is 9.59 Å². The molecule has 0 aromatic carbocycles. The number of hydrogen-bond donors (Lipinski definition) is 1. The van der Waals surface area contributed by atoms with Crippen molar-refractivity contribution in [2.24, 2.45) is 10.2 Å². The zero-order chi connectivity index (χ0) is 18.4. The molecule has 0 radical (unpaired) electrons. The molecule has 0 atom stereocenters. The van der Waals surface area contributed by atoms with Crippen LogP contribution in [0, 0.1) is 12.3 Å². The van der Waals surface area contributed by atoms with E-state index >= 15 is 0 Å². The summed E-state index contributed by atoms with van der Waals surface area (Å²) in [4.78, 5) is 28.2. The number of aromatic nitrogens is 2. The molecule has 3 rings (SSSR count). The first kappa shape index (κ1) is 17.5. The number of carbonyl (C=O) groups is 1. The Hall–Kier alpha value is -3.27. The van der Waals surface area contributed by atoms with Crippen molar-refractivity contribution in [3.05, 3.63) is 58.8 Å². The third-order valence-corrected chi connectivity index (χ3v) is 4.15. The predicted molar refractivity (Wildman–Crippen MR) is 97.6 cm³/mol. The number of anilines is 1. The number of hydrogen-bond acceptors (Lipinski definition) is 5. The first-order valence-electron chi connectivity index (χ1n) is 8.37. The minimum atomic E-state index is -0.469. The van der Waals surface area contributed by atoms with E-state index in [0.29, 0.717) is 37.9 Å². The average Bonchev–Trinajstić information content (AvgIpc) is 3.42. The van der Waals surface area contributed by atoms with Gasteiger partial charge in [-0.2, -0.15) is 10.2 Å². The van der Waals surface area contributed by atoms with Gasteiger partial charge in [0.05, 0.1) is 12.2 Å². The van der Waals surface area contributed by atoms with Crippen LogP contribution < -0.4 is 10.9 Å². The molecule has 7 heteroatoms. The third kappa shape index (κ3) is 4.63. The van der Waals surface area contributed by atoms with Gasteiger partial charge in [0, 0.05) is 50.3 Å². The van der Waals surface area contributed by atoms with Crippen LogP contribution in [-0.4, -0.2) is 21.1 Å². The Kier molecular flexibility index (Phi) is 5.23. The predicted octanol–water partition coefficient (Wildman–Crippen LogP) is 2.59. The molecular weight excluding hydrogens is 330 g/mol. The molecular formula is C19H19N5O2. The maximum atomic E-state index is 12.2. The van der Waals surface area contributed by atoms with Crippen molar-refractivity contribution in [1.29, 1.82) is 0 Å². The lowest BCUT2D eigenvalue weighted by Crippen LogP contribution is -2.22. The molecule has 1 N–H and O–H groups in total. The van der Waals surface area contributed by atoms with Crippen LogP contribution in [0.3, 0.4) is 0 Å². The van der Waals surface area contributed by atoms with Gasteiger partial charge in [-0.05, 0) is 17.7 Å². The first-order valence-corrected chi connectivity index (χ1v) is 8.37. The minimum Gasteiger partial charge on any atom is -0.325 e. The standard InChI is InChI=1S/C19H19N5O2/c1-2-3-9-19(22-23-19)10-8-17(25)21-16-6-7-18(26)24(14-16)13-15-5-4-11-20-12-15/h1,4-7,11-12,14H,3,8-10,13H2,(H,21,25). The normalized spacial score (nSPS) is 13.8. The Balaban J connectivity index is 1.58. The molecule has 0 saturated carbocycles. The van der Waals surface area contributed by atoms with Gasteiger partial charge in [-0.15, -0.1) is 12.3 Å². The molecule has 0 spiro atoms. The molecule has 0 saturated heterocycles. The second kappa shape index (κ2) is 7.74. The molecule has 1 aliphatic rings. The Morgan fingerprint density at radius 3 is 2.81 bits per heavy atom. The highest BCUT2D eigenvalue weighted by molar-refractivity contribution is 5.90. The SMILES string of the molecule is C#CCCC1(CCC(=O)Nc2ccc(=O)n(Cc3cccnc3)c2)N=N1. The highest BCUT2D eigenvalue weighted by atomic mass is 16.1. The zero-order valence-corrected chi connectivity index (χ0v) is 14.3. The van der Waals surface area contributed by atoms with Crippen LogP contribution >= 0.6 is 0 Å². The van der Waals surface area contributed by atoms with Crippen molar-refractivity contribution in [3.63, 3.8) is 0 Å². The fourth-order valence-electron chi connectivity index (χ4n) is 2.62. The molecule has 0 aliphatic carbocycles. The molecule has 2 aromatic rings.